The molecule has 0 radical (unpaired) electrons. The number of carbonyl (C=O) groups is 2. The summed E-state index contributed by atoms with van der Waals surface area (Å²) in [7, 11) is -1.88. The van der Waals surface area contributed by atoms with E-state index in [9.17, 15) is 9.59 Å². The molecule has 1 N–H and O–H groups in total. The van der Waals surface area contributed by atoms with Gasteiger partial charge >= 0.3 is 5.97 Å². The fourth-order valence-electron chi connectivity index (χ4n) is 1.02. The summed E-state index contributed by atoms with van der Waals surface area (Å²) in [5, 5.41) is 2.42. The van der Waals surface area contributed by atoms with Crippen LogP contribution in [-0.4, -0.2) is 26.7 Å². The number of nitrogens with one attached hydrogen (secondary N) is 1. The number of furan rings is 1. The summed E-state index contributed by atoms with van der Waals surface area (Å²) in [5.74, 6) is -0.655. The number of hydrogen-bond acceptors (Lipinski definition) is 4. The second kappa shape index (κ2) is 4.98. The van der Waals surface area contributed by atoms with E-state index in [4.69, 9.17) is 8.84 Å². The van der Waals surface area contributed by atoms with Gasteiger partial charge in [-0.05, 0) is 31.8 Å². The average molecular weight is 241 g/mol. The van der Waals surface area contributed by atoms with Crippen LogP contribution in [0.15, 0.2) is 22.8 Å². The van der Waals surface area contributed by atoms with Crippen molar-refractivity contribution in [1.82, 2.24) is 5.32 Å². The molecule has 0 aliphatic carbocycles. The highest BCUT2D eigenvalue weighted by Gasteiger charge is 2.20. The summed E-state index contributed by atoms with van der Waals surface area (Å²) < 4.78 is 10.0. The van der Waals surface area contributed by atoms with E-state index in [2.05, 4.69) is 5.32 Å². The highest BCUT2D eigenvalue weighted by Crippen LogP contribution is 2.02. The van der Waals surface area contributed by atoms with Gasteiger partial charge < -0.3 is 14.2 Å². The molecule has 0 spiro atoms. The minimum absolute atomic E-state index is 0.135. The van der Waals surface area contributed by atoms with Crippen molar-refractivity contribution >= 4 is 20.2 Å². The van der Waals surface area contributed by atoms with Gasteiger partial charge in [-0.2, -0.15) is 0 Å². The minimum atomic E-state index is -1.88. The Kier molecular flexibility index (Phi) is 3.89. The van der Waals surface area contributed by atoms with Crippen molar-refractivity contribution in [2.75, 3.05) is 6.54 Å². The van der Waals surface area contributed by atoms with Crippen molar-refractivity contribution in [2.24, 2.45) is 0 Å². The van der Waals surface area contributed by atoms with Crippen molar-refractivity contribution in [2.45, 2.75) is 19.6 Å². The number of hydrogen-bond donors (Lipinski definition) is 1. The van der Waals surface area contributed by atoms with Gasteiger partial charge in [-0.3, -0.25) is 9.59 Å². The largest absolute Gasteiger partial charge is 0.519 e. The van der Waals surface area contributed by atoms with E-state index >= 15 is 0 Å². The Labute approximate surface area is 94.9 Å². The Morgan fingerprint density at radius 1 is 1.44 bits per heavy atom. The molecule has 0 unspecified atom stereocenters. The van der Waals surface area contributed by atoms with Gasteiger partial charge in [0.05, 0.1) is 6.26 Å². The zero-order valence-corrected chi connectivity index (χ0v) is 10.6. The molecule has 1 amide bonds. The Morgan fingerprint density at radius 2 is 2.12 bits per heavy atom. The van der Waals surface area contributed by atoms with E-state index in [1.165, 1.54) is 12.3 Å². The van der Waals surface area contributed by atoms with Gasteiger partial charge in [-0.1, -0.05) is 0 Å². The molecule has 0 saturated carbocycles. The first-order chi connectivity index (χ1) is 7.38. The van der Waals surface area contributed by atoms with Crippen LogP contribution < -0.4 is 5.32 Å². The Morgan fingerprint density at radius 3 is 2.62 bits per heavy atom. The number of amides is 1. The maximum atomic E-state index is 11.4. The summed E-state index contributed by atoms with van der Waals surface area (Å²) in [5.41, 5.74) is 0. The van der Waals surface area contributed by atoms with Crippen LogP contribution in [0.1, 0.15) is 10.6 Å². The molecule has 0 aliphatic heterocycles. The van der Waals surface area contributed by atoms with Gasteiger partial charge in [0.2, 0.25) is 8.32 Å². The van der Waals surface area contributed by atoms with Gasteiger partial charge in [-0.25, -0.2) is 0 Å². The van der Waals surface area contributed by atoms with Crippen LogP contribution in [0.4, 0.5) is 0 Å². The van der Waals surface area contributed by atoms with Crippen LogP contribution in [0.25, 0.3) is 0 Å². The van der Waals surface area contributed by atoms with E-state index in [-0.39, 0.29) is 12.3 Å². The highest BCUT2D eigenvalue weighted by atomic mass is 28.4. The average Bonchev–Trinajstić information content (AvgIpc) is 2.64. The van der Waals surface area contributed by atoms with Crippen LogP contribution in [0.3, 0.4) is 0 Å². The monoisotopic (exact) mass is 241 g/mol. The van der Waals surface area contributed by atoms with E-state index in [0.717, 1.165) is 0 Å². The van der Waals surface area contributed by atoms with E-state index in [1.54, 1.807) is 6.07 Å². The highest BCUT2D eigenvalue weighted by molar-refractivity contribution is 6.71. The molecule has 5 nitrogen and oxygen atoms in total. The summed E-state index contributed by atoms with van der Waals surface area (Å²) in [6.07, 6.45) is 1.40. The number of rotatable bonds is 4. The fourth-order valence-corrected chi connectivity index (χ4v) is 1.78. The zero-order chi connectivity index (χ0) is 12.2. The zero-order valence-electron chi connectivity index (χ0n) is 9.57. The van der Waals surface area contributed by atoms with Gasteiger partial charge in [0.25, 0.3) is 5.91 Å². The maximum absolute atomic E-state index is 11.4. The standard InChI is InChI=1S/C10H15NO4Si/c1-16(2,3)15-9(12)7-11-10(13)8-5-4-6-14-8/h4-6H,7H2,1-3H3,(H,11,13). The first-order valence-electron chi connectivity index (χ1n) is 4.92. The third-order valence-electron chi connectivity index (χ3n) is 1.56. The SMILES string of the molecule is C[Si](C)(C)OC(=O)CNC(=O)c1ccco1. The topological polar surface area (TPSA) is 68.5 Å². The normalized spacial score (nSPS) is 10.9. The maximum Gasteiger partial charge on any atom is 0.312 e. The molecular formula is C10H15NO4Si. The Bertz CT molecular complexity index is 367. The lowest BCUT2D eigenvalue weighted by Gasteiger charge is -2.17. The molecule has 88 valence electrons. The summed E-state index contributed by atoms with van der Waals surface area (Å²) in [6.45, 7) is 5.57. The summed E-state index contributed by atoms with van der Waals surface area (Å²) in [6, 6.07) is 3.13. The van der Waals surface area contributed by atoms with Crippen molar-refractivity contribution in [3.05, 3.63) is 24.2 Å². The van der Waals surface area contributed by atoms with E-state index in [1.807, 2.05) is 19.6 Å². The molecule has 1 aromatic rings. The molecule has 1 aromatic heterocycles. The molecule has 0 aromatic carbocycles. The van der Waals surface area contributed by atoms with Gasteiger partial charge in [-0.15, -0.1) is 0 Å². The lowest BCUT2D eigenvalue weighted by atomic mass is 10.4. The van der Waals surface area contributed by atoms with Crippen molar-refractivity contribution in [1.29, 1.82) is 0 Å². The molecule has 0 atom stereocenters. The smallest absolute Gasteiger partial charge is 0.312 e. The van der Waals surface area contributed by atoms with Crippen LogP contribution >= 0.6 is 0 Å². The predicted octanol–water partition coefficient (Wildman–Crippen LogP) is 1.39. The molecule has 0 bridgehead atoms. The molecule has 1 rings (SSSR count). The van der Waals surface area contributed by atoms with Crippen LogP contribution in [0.2, 0.25) is 19.6 Å². The van der Waals surface area contributed by atoms with Gasteiger partial charge in [0.1, 0.15) is 6.54 Å². The van der Waals surface area contributed by atoms with Crippen LogP contribution in [0.5, 0.6) is 0 Å². The Hall–Kier alpha value is -1.56. The third kappa shape index (κ3) is 4.31. The van der Waals surface area contributed by atoms with Crippen molar-refractivity contribution < 1.29 is 18.4 Å². The lowest BCUT2D eigenvalue weighted by molar-refractivity contribution is -0.133. The fraction of sp³-hybridized carbons (Fsp3) is 0.400. The minimum Gasteiger partial charge on any atom is -0.519 e. The molecule has 0 saturated heterocycles. The van der Waals surface area contributed by atoms with Crippen molar-refractivity contribution in [3.63, 3.8) is 0 Å². The second-order valence-electron chi connectivity index (χ2n) is 4.25. The molecule has 16 heavy (non-hydrogen) atoms. The third-order valence-corrected chi connectivity index (χ3v) is 2.40. The van der Waals surface area contributed by atoms with Crippen molar-refractivity contribution in [3.8, 4) is 0 Å². The first kappa shape index (κ1) is 12.5. The molecule has 6 heteroatoms. The molecular weight excluding hydrogens is 226 g/mol. The molecule has 0 aliphatic rings. The quantitative estimate of drug-likeness (QED) is 0.809. The first-order valence-corrected chi connectivity index (χ1v) is 8.33. The van der Waals surface area contributed by atoms with Crippen LogP contribution in [-0.2, 0) is 9.22 Å². The predicted molar refractivity (Wildman–Crippen MR) is 60.5 cm³/mol. The lowest BCUT2D eigenvalue weighted by Crippen LogP contribution is -2.36. The van der Waals surface area contributed by atoms with Gasteiger partial charge in [0, 0.05) is 0 Å². The summed E-state index contributed by atoms with van der Waals surface area (Å²) >= 11 is 0. The van der Waals surface area contributed by atoms with E-state index < -0.39 is 20.2 Å². The number of carbonyl (C=O) groups excluding carboxylic acids is 2. The molecule has 1 heterocycles. The molecule has 0 fully saturated rings. The second-order valence-corrected chi connectivity index (χ2v) is 8.68. The Balaban J connectivity index is 2.35. The van der Waals surface area contributed by atoms with Gasteiger partial charge in [0.15, 0.2) is 5.76 Å². The van der Waals surface area contributed by atoms with E-state index in [0.29, 0.717) is 0 Å². The summed E-state index contributed by atoms with van der Waals surface area (Å²) in [4.78, 5) is 22.7. The van der Waals surface area contributed by atoms with Crippen LogP contribution in [0, 0.1) is 0 Å².